The second kappa shape index (κ2) is 6.26. The van der Waals surface area contributed by atoms with Crippen molar-refractivity contribution >= 4 is 22.8 Å². The van der Waals surface area contributed by atoms with Crippen LogP contribution < -0.4 is 5.32 Å². The third-order valence-electron chi connectivity index (χ3n) is 4.78. The lowest BCUT2D eigenvalue weighted by Gasteiger charge is -2.23. The predicted octanol–water partition coefficient (Wildman–Crippen LogP) is 1.86. The summed E-state index contributed by atoms with van der Waals surface area (Å²) < 4.78 is 2.03. The first-order chi connectivity index (χ1) is 11.4. The van der Waals surface area contributed by atoms with Crippen LogP contribution in [0, 0.1) is 11.8 Å². The fourth-order valence-electron chi connectivity index (χ4n) is 3.28. The Bertz CT molecular complexity index is 780. The van der Waals surface area contributed by atoms with E-state index in [9.17, 15) is 9.59 Å². The van der Waals surface area contributed by atoms with Gasteiger partial charge in [0.05, 0.1) is 23.0 Å². The standard InChI is InChI=1S/C18H24N4O2/c1-11(2)16(20-18(24)12-9-15(23)21(3)10-12)17-19-13-7-5-6-8-14(13)22(17)4/h5-8,11-12,16H,9-10H2,1-4H3,(H,20,24)/t12?,16-/m0/s1. The van der Waals surface area contributed by atoms with Crippen LogP contribution in [-0.4, -0.2) is 39.9 Å². The van der Waals surface area contributed by atoms with E-state index in [2.05, 4.69) is 19.2 Å². The summed E-state index contributed by atoms with van der Waals surface area (Å²) in [6.07, 6.45) is 0.287. The summed E-state index contributed by atoms with van der Waals surface area (Å²) in [5, 5.41) is 3.12. The van der Waals surface area contributed by atoms with E-state index in [4.69, 9.17) is 4.98 Å². The molecule has 24 heavy (non-hydrogen) atoms. The van der Waals surface area contributed by atoms with Crippen LogP contribution in [0.1, 0.15) is 32.1 Å². The number of nitrogens with one attached hydrogen (secondary N) is 1. The molecule has 2 amide bonds. The molecule has 3 rings (SSSR count). The first kappa shape index (κ1) is 16.5. The zero-order valence-electron chi connectivity index (χ0n) is 14.6. The third kappa shape index (κ3) is 2.88. The fraction of sp³-hybridized carbons (Fsp3) is 0.500. The molecule has 1 aromatic carbocycles. The quantitative estimate of drug-likeness (QED) is 0.931. The van der Waals surface area contributed by atoms with E-state index in [0.717, 1.165) is 16.9 Å². The Morgan fingerprint density at radius 2 is 2.00 bits per heavy atom. The van der Waals surface area contributed by atoms with Gasteiger partial charge in [0.2, 0.25) is 11.8 Å². The Hall–Kier alpha value is -2.37. The molecule has 0 saturated carbocycles. The first-order valence-electron chi connectivity index (χ1n) is 8.34. The van der Waals surface area contributed by atoms with Gasteiger partial charge in [-0.15, -0.1) is 0 Å². The molecule has 0 bridgehead atoms. The Morgan fingerprint density at radius 1 is 1.29 bits per heavy atom. The summed E-state index contributed by atoms with van der Waals surface area (Å²) in [7, 11) is 3.71. The van der Waals surface area contributed by atoms with Gasteiger partial charge in [-0.25, -0.2) is 4.98 Å². The van der Waals surface area contributed by atoms with Gasteiger partial charge < -0.3 is 14.8 Å². The molecule has 1 fully saturated rings. The average Bonchev–Trinajstić information content (AvgIpc) is 3.05. The van der Waals surface area contributed by atoms with Gasteiger partial charge >= 0.3 is 0 Å². The molecule has 2 atom stereocenters. The van der Waals surface area contributed by atoms with Crippen molar-refractivity contribution in [2.24, 2.45) is 18.9 Å². The number of hydrogen-bond acceptors (Lipinski definition) is 3. The van der Waals surface area contributed by atoms with Gasteiger partial charge in [0.15, 0.2) is 0 Å². The number of aromatic nitrogens is 2. The summed E-state index contributed by atoms with van der Waals surface area (Å²) in [5.41, 5.74) is 1.97. The Kier molecular flexibility index (Phi) is 4.30. The molecule has 1 N–H and O–H groups in total. The lowest BCUT2D eigenvalue weighted by atomic mass is 10.0. The number of fused-ring (bicyclic) bond motifs is 1. The molecule has 1 aliphatic rings. The summed E-state index contributed by atoms with van der Waals surface area (Å²) in [6.45, 7) is 4.62. The minimum absolute atomic E-state index is 0.0268. The van der Waals surface area contributed by atoms with E-state index < -0.39 is 0 Å². The van der Waals surface area contributed by atoms with Crippen molar-refractivity contribution in [2.75, 3.05) is 13.6 Å². The molecule has 0 spiro atoms. The van der Waals surface area contributed by atoms with E-state index in [1.807, 2.05) is 35.9 Å². The number of carbonyl (C=O) groups excluding carboxylic acids is 2. The average molecular weight is 328 g/mol. The molecule has 2 heterocycles. The monoisotopic (exact) mass is 328 g/mol. The molecule has 1 aromatic heterocycles. The molecule has 1 aliphatic heterocycles. The lowest BCUT2D eigenvalue weighted by molar-refractivity contribution is -0.128. The molecular formula is C18H24N4O2. The molecule has 1 saturated heterocycles. The third-order valence-corrected chi connectivity index (χ3v) is 4.78. The second-order valence-electron chi connectivity index (χ2n) is 6.92. The number of rotatable bonds is 4. The zero-order valence-corrected chi connectivity index (χ0v) is 14.6. The maximum absolute atomic E-state index is 12.6. The summed E-state index contributed by atoms with van der Waals surface area (Å²) in [5.74, 6) is 0.715. The number of amides is 2. The van der Waals surface area contributed by atoms with Crippen molar-refractivity contribution in [3.8, 4) is 0 Å². The fourth-order valence-corrected chi connectivity index (χ4v) is 3.28. The topological polar surface area (TPSA) is 67.2 Å². The van der Waals surface area contributed by atoms with Crippen molar-refractivity contribution in [3.63, 3.8) is 0 Å². The number of carbonyl (C=O) groups is 2. The highest BCUT2D eigenvalue weighted by Gasteiger charge is 2.34. The van der Waals surface area contributed by atoms with E-state index in [0.29, 0.717) is 6.54 Å². The second-order valence-corrected chi connectivity index (χ2v) is 6.92. The molecule has 0 radical (unpaired) electrons. The van der Waals surface area contributed by atoms with Crippen LogP contribution in [0.25, 0.3) is 11.0 Å². The van der Waals surface area contributed by atoms with Crippen molar-refractivity contribution in [2.45, 2.75) is 26.3 Å². The normalized spacial score (nSPS) is 19.3. The molecule has 1 unspecified atom stereocenters. The van der Waals surface area contributed by atoms with E-state index in [1.54, 1.807) is 11.9 Å². The predicted molar refractivity (Wildman–Crippen MR) is 92.2 cm³/mol. The summed E-state index contributed by atoms with van der Waals surface area (Å²) >= 11 is 0. The maximum atomic E-state index is 12.6. The Balaban J connectivity index is 1.86. The number of nitrogens with zero attached hydrogens (tertiary/aromatic N) is 3. The van der Waals surface area contributed by atoms with Crippen molar-refractivity contribution in [1.29, 1.82) is 0 Å². The highest BCUT2D eigenvalue weighted by atomic mass is 16.2. The van der Waals surface area contributed by atoms with Crippen LogP contribution in [-0.2, 0) is 16.6 Å². The van der Waals surface area contributed by atoms with Gasteiger partial charge in [-0.3, -0.25) is 9.59 Å². The highest BCUT2D eigenvalue weighted by Crippen LogP contribution is 2.26. The number of hydrogen-bond donors (Lipinski definition) is 1. The van der Waals surface area contributed by atoms with E-state index in [-0.39, 0.29) is 36.1 Å². The van der Waals surface area contributed by atoms with Crippen LogP contribution in [0.3, 0.4) is 0 Å². The Labute approximate surface area is 141 Å². The van der Waals surface area contributed by atoms with Crippen molar-refractivity contribution < 1.29 is 9.59 Å². The number of benzene rings is 1. The van der Waals surface area contributed by atoms with Gasteiger partial charge in [0.1, 0.15) is 5.82 Å². The zero-order chi connectivity index (χ0) is 17.4. The Morgan fingerprint density at radius 3 is 2.58 bits per heavy atom. The van der Waals surface area contributed by atoms with Gasteiger partial charge in [-0.2, -0.15) is 0 Å². The molecule has 6 nitrogen and oxygen atoms in total. The first-order valence-corrected chi connectivity index (χ1v) is 8.34. The highest BCUT2D eigenvalue weighted by molar-refractivity contribution is 5.89. The molecular weight excluding hydrogens is 304 g/mol. The van der Waals surface area contributed by atoms with E-state index in [1.165, 1.54) is 0 Å². The molecule has 6 heteroatoms. The van der Waals surface area contributed by atoms with Gasteiger partial charge in [0.25, 0.3) is 0 Å². The molecule has 128 valence electrons. The van der Waals surface area contributed by atoms with Crippen molar-refractivity contribution in [3.05, 3.63) is 30.1 Å². The van der Waals surface area contributed by atoms with E-state index >= 15 is 0 Å². The molecule has 0 aliphatic carbocycles. The van der Waals surface area contributed by atoms with Crippen LogP contribution in [0.5, 0.6) is 0 Å². The maximum Gasteiger partial charge on any atom is 0.226 e. The summed E-state index contributed by atoms with van der Waals surface area (Å²) in [4.78, 5) is 30.6. The van der Waals surface area contributed by atoms with Crippen LogP contribution in [0.4, 0.5) is 0 Å². The summed E-state index contributed by atoms with van der Waals surface area (Å²) in [6, 6.07) is 7.76. The van der Waals surface area contributed by atoms with Gasteiger partial charge in [-0.05, 0) is 18.1 Å². The largest absolute Gasteiger partial charge is 0.346 e. The lowest BCUT2D eigenvalue weighted by Crippen LogP contribution is -2.38. The molecule has 2 aromatic rings. The SMILES string of the molecule is CC(C)[C@H](NC(=O)C1CC(=O)N(C)C1)c1nc2ccccc2n1C. The van der Waals surface area contributed by atoms with Crippen LogP contribution in [0.15, 0.2) is 24.3 Å². The minimum Gasteiger partial charge on any atom is -0.346 e. The smallest absolute Gasteiger partial charge is 0.226 e. The van der Waals surface area contributed by atoms with Crippen LogP contribution in [0.2, 0.25) is 0 Å². The number of para-hydroxylation sites is 2. The number of imidazole rings is 1. The van der Waals surface area contributed by atoms with Crippen LogP contribution >= 0.6 is 0 Å². The van der Waals surface area contributed by atoms with Gasteiger partial charge in [-0.1, -0.05) is 26.0 Å². The van der Waals surface area contributed by atoms with Crippen molar-refractivity contribution in [1.82, 2.24) is 19.8 Å². The minimum atomic E-state index is -0.279. The number of likely N-dealkylation sites (tertiary alicyclic amines) is 1. The van der Waals surface area contributed by atoms with Gasteiger partial charge in [0, 0.05) is 27.1 Å². The number of aryl methyl sites for hydroxylation is 1.